The van der Waals surface area contributed by atoms with E-state index in [1.54, 1.807) is 19.3 Å². The molecule has 0 aromatic rings. The summed E-state index contributed by atoms with van der Waals surface area (Å²) in [6, 6.07) is 0. The highest BCUT2D eigenvalue weighted by atomic mass is 14.4. The van der Waals surface area contributed by atoms with Gasteiger partial charge in [-0.3, -0.25) is 0 Å². The monoisotopic (exact) mass is 152 g/mol. The van der Waals surface area contributed by atoms with Crippen LogP contribution >= 0.6 is 0 Å². The van der Waals surface area contributed by atoms with Gasteiger partial charge in [-0.25, -0.2) is 0 Å². The molecule has 0 heteroatoms. The molecule has 64 valence electrons. The third-order valence-corrected chi connectivity index (χ3v) is 3.47. The predicted molar refractivity (Wildman–Crippen MR) is 48.5 cm³/mol. The van der Waals surface area contributed by atoms with Crippen molar-refractivity contribution in [2.45, 2.75) is 57.8 Å². The first-order chi connectivity index (χ1) is 5.47. The van der Waals surface area contributed by atoms with Crippen LogP contribution in [0.5, 0.6) is 0 Å². The van der Waals surface area contributed by atoms with Crippen LogP contribution in [0.25, 0.3) is 0 Å². The SMILES string of the molecule is C1CCCC[C@@H]2C[C@H]2CCC1. The Morgan fingerprint density at radius 3 is 1.55 bits per heavy atom. The van der Waals surface area contributed by atoms with Gasteiger partial charge in [0.15, 0.2) is 0 Å². The molecule has 2 aliphatic carbocycles. The lowest BCUT2D eigenvalue weighted by Crippen LogP contribution is -1.89. The number of fused-ring (bicyclic) bond motifs is 1. The molecule has 2 atom stereocenters. The van der Waals surface area contributed by atoms with Gasteiger partial charge in [0.05, 0.1) is 0 Å². The zero-order chi connectivity index (χ0) is 7.52. The van der Waals surface area contributed by atoms with Crippen LogP contribution in [0.1, 0.15) is 57.8 Å². The molecule has 0 unspecified atom stereocenters. The molecule has 2 aliphatic rings. The first-order valence-electron chi connectivity index (χ1n) is 5.47. The molecule has 0 radical (unpaired) electrons. The van der Waals surface area contributed by atoms with Gasteiger partial charge in [0, 0.05) is 0 Å². The van der Waals surface area contributed by atoms with E-state index < -0.39 is 0 Å². The summed E-state index contributed by atoms with van der Waals surface area (Å²) in [5.41, 5.74) is 0. The van der Waals surface area contributed by atoms with Crippen LogP contribution in [0.4, 0.5) is 0 Å². The smallest absolute Gasteiger partial charge is 0.0383 e. The standard InChI is InChI=1S/C11H20/c1-2-4-6-8-11-9-10(11)7-5-3-1/h10-11H,1-9H2/t10-,11-/m1/s1. The average molecular weight is 152 g/mol. The summed E-state index contributed by atoms with van der Waals surface area (Å²) in [5.74, 6) is 2.35. The van der Waals surface area contributed by atoms with Crippen molar-refractivity contribution in [3.63, 3.8) is 0 Å². The van der Waals surface area contributed by atoms with E-state index in [4.69, 9.17) is 0 Å². The largest absolute Gasteiger partial charge is 0.0533 e. The molecule has 0 amide bonds. The van der Waals surface area contributed by atoms with Crippen molar-refractivity contribution in [1.82, 2.24) is 0 Å². The fourth-order valence-corrected chi connectivity index (χ4v) is 2.54. The number of hydrogen-bond acceptors (Lipinski definition) is 0. The summed E-state index contributed by atoms with van der Waals surface area (Å²) in [6.45, 7) is 0. The van der Waals surface area contributed by atoms with Gasteiger partial charge in [0.1, 0.15) is 0 Å². The Kier molecular flexibility index (Phi) is 2.50. The molecule has 0 aliphatic heterocycles. The normalized spacial score (nSPS) is 39.3. The maximum atomic E-state index is 1.58. The molecule has 0 nitrogen and oxygen atoms in total. The molecule has 0 heterocycles. The van der Waals surface area contributed by atoms with E-state index in [0.717, 1.165) is 0 Å². The lowest BCUT2D eigenvalue weighted by atomic mass is 10.0. The minimum Gasteiger partial charge on any atom is -0.0533 e. The summed E-state index contributed by atoms with van der Waals surface area (Å²) in [4.78, 5) is 0. The topological polar surface area (TPSA) is 0 Å². The van der Waals surface area contributed by atoms with Crippen LogP contribution in [-0.2, 0) is 0 Å². The maximum absolute atomic E-state index is 1.58. The summed E-state index contributed by atoms with van der Waals surface area (Å²) in [6.07, 6.45) is 13.8. The van der Waals surface area contributed by atoms with Crippen LogP contribution in [0.3, 0.4) is 0 Å². The summed E-state index contributed by atoms with van der Waals surface area (Å²) in [5, 5.41) is 0. The van der Waals surface area contributed by atoms with Crippen molar-refractivity contribution < 1.29 is 0 Å². The van der Waals surface area contributed by atoms with Crippen molar-refractivity contribution in [3.8, 4) is 0 Å². The predicted octanol–water partition coefficient (Wildman–Crippen LogP) is 3.76. The van der Waals surface area contributed by atoms with E-state index in [0.29, 0.717) is 0 Å². The molecule has 11 heavy (non-hydrogen) atoms. The molecule has 0 spiro atoms. The van der Waals surface area contributed by atoms with Crippen molar-refractivity contribution in [1.29, 1.82) is 0 Å². The van der Waals surface area contributed by atoms with Gasteiger partial charge < -0.3 is 0 Å². The highest BCUT2D eigenvalue weighted by Gasteiger charge is 2.35. The first-order valence-corrected chi connectivity index (χ1v) is 5.47. The Labute approximate surface area is 70.4 Å². The lowest BCUT2D eigenvalue weighted by molar-refractivity contribution is 0.489. The van der Waals surface area contributed by atoms with Crippen LogP contribution in [-0.4, -0.2) is 0 Å². The van der Waals surface area contributed by atoms with Crippen molar-refractivity contribution in [2.24, 2.45) is 11.8 Å². The van der Waals surface area contributed by atoms with Gasteiger partial charge in [-0.2, -0.15) is 0 Å². The Hall–Kier alpha value is 0. The zero-order valence-electron chi connectivity index (χ0n) is 7.52. The number of rotatable bonds is 0. The second-order valence-electron chi connectivity index (χ2n) is 4.45. The Bertz CT molecular complexity index is 103. The minimum absolute atomic E-state index is 1.17. The van der Waals surface area contributed by atoms with E-state index >= 15 is 0 Å². The second-order valence-corrected chi connectivity index (χ2v) is 4.45. The summed E-state index contributed by atoms with van der Waals surface area (Å²) >= 11 is 0. The van der Waals surface area contributed by atoms with E-state index in [9.17, 15) is 0 Å². The van der Waals surface area contributed by atoms with Crippen LogP contribution < -0.4 is 0 Å². The molecule has 0 aromatic heterocycles. The van der Waals surface area contributed by atoms with E-state index in [1.165, 1.54) is 50.4 Å². The average Bonchev–Trinajstić information content (AvgIpc) is 2.76. The highest BCUT2D eigenvalue weighted by molar-refractivity contribution is 4.85. The van der Waals surface area contributed by atoms with Crippen LogP contribution in [0, 0.1) is 11.8 Å². The van der Waals surface area contributed by atoms with Gasteiger partial charge in [-0.15, -0.1) is 0 Å². The molecule has 0 aromatic carbocycles. The van der Waals surface area contributed by atoms with E-state index in [2.05, 4.69) is 0 Å². The van der Waals surface area contributed by atoms with Gasteiger partial charge in [-0.1, -0.05) is 51.4 Å². The van der Waals surface area contributed by atoms with Crippen LogP contribution in [0.2, 0.25) is 0 Å². The summed E-state index contributed by atoms with van der Waals surface area (Å²) in [7, 11) is 0. The van der Waals surface area contributed by atoms with Crippen molar-refractivity contribution in [2.75, 3.05) is 0 Å². The third-order valence-electron chi connectivity index (χ3n) is 3.47. The molecule has 0 N–H and O–H groups in total. The third kappa shape index (κ3) is 2.21. The molecule has 2 saturated carbocycles. The lowest BCUT2D eigenvalue weighted by Gasteiger charge is -2.05. The van der Waals surface area contributed by atoms with Crippen molar-refractivity contribution in [3.05, 3.63) is 0 Å². The van der Waals surface area contributed by atoms with Crippen LogP contribution in [0.15, 0.2) is 0 Å². The fourth-order valence-electron chi connectivity index (χ4n) is 2.54. The molecule has 0 saturated heterocycles. The van der Waals surface area contributed by atoms with E-state index in [1.807, 2.05) is 0 Å². The van der Waals surface area contributed by atoms with Gasteiger partial charge in [-0.05, 0) is 18.3 Å². The maximum Gasteiger partial charge on any atom is -0.0383 e. The number of hydrogen-bond donors (Lipinski definition) is 0. The molecule has 2 fully saturated rings. The molecular weight excluding hydrogens is 132 g/mol. The second kappa shape index (κ2) is 3.60. The molecular formula is C11H20. The highest BCUT2D eigenvalue weighted by Crippen LogP contribution is 2.46. The van der Waals surface area contributed by atoms with Gasteiger partial charge >= 0.3 is 0 Å². The zero-order valence-corrected chi connectivity index (χ0v) is 7.52. The molecule has 0 bridgehead atoms. The minimum atomic E-state index is 1.17. The van der Waals surface area contributed by atoms with Gasteiger partial charge in [0.25, 0.3) is 0 Å². The van der Waals surface area contributed by atoms with Gasteiger partial charge in [0.2, 0.25) is 0 Å². The quantitative estimate of drug-likeness (QED) is 0.496. The Balaban J connectivity index is 1.72. The van der Waals surface area contributed by atoms with Crippen molar-refractivity contribution >= 4 is 0 Å². The first kappa shape index (κ1) is 7.64. The fraction of sp³-hybridized carbons (Fsp3) is 1.00. The Morgan fingerprint density at radius 2 is 1.00 bits per heavy atom. The van der Waals surface area contributed by atoms with E-state index in [-0.39, 0.29) is 0 Å². The molecule has 2 rings (SSSR count). The summed E-state index contributed by atoms with van der Waals surface area (Å²) < 4.78 is 0. The Morgan fingerprint density at radius 1 is 0.545 bits per heavy atom.